The summed E-state index contributed by atoms with van der Waals surface area (Å²) in [5, 5.41) is 11.9. The molecular weight excluding hydrogens is 356 g/mol. The highest BCUT2D eigenvalue weighted by Crippen LogP contribution is 2.14. The molecule has 0 N–H and O–H groups in total. The molecule has 3 rings (SSSR count). The van der Waals surface area contributed by atoms with Crippen molar-refractivity contribution >= 4 is 37.8 Å². The molecule has 1 aliphatic rings. The van der Waals surface area contributed by atoms with Crippen LogP contribution in [0.1, 0.15) is 6.92 Å². The van der Waals surface area contributed by atoms with Crippen molar-refractivity contribution in [2.75, 3.05) is 31.9 Å². The molecule has 1 saturated heterocycles. The summed E-state index contributed by atoms with van der Waals surface area (Å²) < 4.78 is 26.5. The lowest BCUT2D eigenvalue weighted by Gasteiger charge is -2.33. The minimum absolute atomic E-state index is 0.0141. The van der Waals surface area contributed by atoms with Gasteiger partial charge in [0, 0.05) is 43.8 Å². The normalized spacial score (nSPS) is 16.6. The number of hydrogen-bond acceptors (Lipinski definition) is 6. The van der Waals surface area contributed by atoms with Crippen LogP contribution in [0.5, 0.6) is 0 Å². The highest BCUT2D eigenvalue weighted by atomic mass is 32.2. The van der Waals surface area contributed by atoms with Gasteiger partial charge in [0.05, 0.1) is 5.75 Å². The first-order valence-electron chi connectivity index (χ1n) is 7.36. The van der Waals surface area contributed by atoms with Crippen molar-refractivity contribution in [2.24, 2.45) is 0 Å². The molecule has 9 nitrogen and oxygen atoms in total. The number of piperazine rings is 1. The van der Waals surface area contributed by atoms with Crippen LogP contribution in [0.2, 0.25) is 0 Å². The lowest BCUT2D eigenvalue weighted by Crippen LogP contribution is -2.52. The van der Waals surface area contributed by atoms with E-state index in [1.165, 1.54) is 27.5 Å². The van der Waals surface area contributed by atoms with Gasteiger partial charge in [0.2, 0.25) is 10.0 Å². The van der Waals surface area contributed by atoms with Crippen LogP contribution < -0.4 is 10.3 Å². The number of aromatic nitrogens is 2. The predicted octanol–water partition coefficient (Wildman–Crippen LogP) is -0.368. The number of amides is 1. The fourth-order valence-electron chi connectivity index (χ4n) is 2.56. The van der Waals surface area contributed by atoms with Crippen LogP contribution in [-0.4, -0.2) is 59.5 Å². The Morgan fingerprint density at radius 2 is 2.00 bits per heavy atom. The van der Waals surface area contributed by atoms with Crippen LogP contribution in [0.15, 0.2) is 23.1 Å². The fourth-order valence-corrected chi connectivity index (χ4v) is 4.59. The zero-order chi connectivity index (χ0) is 17.5. The molecule has 1 fully saturated rings. The summed E-state index contributed by atoms with van der Waals surface area (Å²) in [6.45, 7) is 2.38. The zero-order valence-corrected chi connectivity index (χ0v) is 14.5. The van der Waals surface area contributed by atoms with Crippen LogP contribution in [0.25, 0.3) is 10.2 Å². The van der Waals surface area contributed by atoms with E-state index in [9.17, 15) is 23.2 Å². The second-order valence-corrected chi connectivity index (χ2v) is 8.50. The summed E-state index contributed by atoms with van der Waals surface area (Å²) in [7, 11) is -3.28. The van der Waals surface area contributed by atoms with E-state index in [1.807, 2.05) is 0 Å². The van der Waals surface area contributed by atoms with Gasteiger partial charge in [-0.2, -0.15) is 13.0 Å². The Balaban J connectivity index is 1.83. The Labute approximate surface area is 142 Å². The number of carbonyl (C=O) groups is 1. The first kappa shape index (κ1) is 16.9. The minimum Gasteiger partial charge on any atom is -0.618 e. The summed E-state index contributed by atoms with van der Waals surface area (Å²) in [5.41, 5.74) is -0.534. The van der Waals surface area contributed by atoms with Gasteiger partial charge in [0.15, 0.2) is 6.20 Å². The van der Waals surface area contributed by atoms with Crippen LogP contribution in [0, 0.1) is 5.21 Å². The minimum atomic E-state index is -3.28. The third kappa shape index (κ3) is 2.78. The smallest absolute Gasteiger partial charge is 0.341 e. The molecule has 0 saturated carbocycles. The van der Waals surface area contributed by atoms with E-state index in [1.54, 1.807) is 6.92 Å². The molecule has 2 aromatic rings. The molecule has 24 heavy (non-hydrogen) atoms. The third-order valence-electron chi connectivity index (χ3n) is 3.95. The largest absolute Gasteiger partial charge is 0.618 e. The van der Waals surface area contributed by atoms with Crippen molar-refractivity contribution < 1.29 is 17.9 Å². The topological polar surface area (TPSA) is 107 Å². The van der Waals surface area contributed by atoms with Crippen molar-refractivity contribution in [1.82, 2.24) is 13.2 Å². The van der Waals surface area contributed by atoms with Crippen molar-refractivity contribution in [3.05, 3.63) is 33.9 Å². The molecule has 130 valence electrons. The average molecular weight is 372 g/mol. The highest BCUT2D eigenvalue weighted by Gasteiger charge is 2.30. The number of hydrogen-bond donors (Lipinski definition) is 0. The van der Waals surface area contributed by atoms with Crippen LogP contribution >= 0.6 is 11.5 Å². The van der Waals surface area contributed by atoms with Crippen molar-refractivity contribution in [1.29, 1.82) is 0 Å². The molecule has 1 aliphatic heterocycles. The van der Waals surface area contributed by atoms with E-state index in [0.717, 1.165) is 15.5 Å². The van der Waals surface area contributed by atoms with Gasteiger partial charge in [0.1, 0.15) is 5.39 Å². The number of carbonyl (C=O) groups excluding carboxylic acids is 1. The predicted molar refractivity (Wildman–Crippen MR) is 88.4 cm³/mol. The zero-order valence-electron chi connectivity index (χ0n) is 12.9. The highest BCUT2D eigenvalue weighted by molar-refractivity contribution is 7.89. The van der Waals surface area contributed by atoms with Gasteiger partial charge in [-0.1, -0.05) is 0 Å². The number of nitrogens with zero attached hydrogens (tertiary/aromatic N) is 4. The summed E-state index contributed by atoms with van der Waals surface area (Å²) >= 11 is 0.795. The molecule has 0 radical (unpaired) electrons. The van der Waals surface area contributed by atoms with E-state index in [0.29, 0.717) is 4.73 Å². The van der Waals surface area contributed by atoms with Crippen LogP contribution in [-0.2, 0) is 10.0 Å². The lowest BCUT2D eigenvalue weighted by atomic mass is 10.3. The Kier molecular flexibility index (Phi) is 4.32. The van der Waals surface area contributed by atoms with E-state index < -0.39 is 21.6 Å². The van der Waals surface area contributed by atoms with Gasteiger partial charge in [-0.15, -0.1) is 0 Å². The van der Waals surface area contributed by atoms with Gasteiger partial charge in [-0.3, -0.25) is 4.79 Å². The number of sulfonamides is 1. The Morgan fingerprint density at radius 1 is 1.33 bits per heavy atom. The van der Waals surface area contributed by atoms with E-state index >= 15 is 0 Å². The van der Waals surface area contributed by atoms with Crippen molar-refractivity contribution in [3.63, 3.8) is 0 Å². The van der Waals surface area contributed by atoms with Gasteiger partial charge in [-0.05, 0) is 13.0 Å². The van der Waals surface area contributed by atoms with Crippen molar-refractivity contribution in [3.8, 4) is 0 Å². The number of pyridine rings is 1. The van der Waals surface area contributed by atoms with Gasteiger partial charge >= 0.3 is 10.9 Å². The van der Waals surface area contributed by atoms with E-state index in [-0.39, 0.29) is 42.1 Å². The molecule has 2 aromatic heterocycles. The Hall–Kier alpha value is -1.98. The lowest BCUT2D eigenvalue weighted by molar-refractivity contribution is -0.574. The fraction of sp³-hybridized carbons (Fsp3) is 0.462. The summed E-state index contributed by atoms with van der Waals surface area (Å²) in [6, 6.07) is 2.42. The molecule has 3 heterocycles. The molecule has 0 atom stereocenters. The molecular formula is C13H16N4O5S2. The van der Waals surface area contributed by atoms with Gasteiger partial charge in [0.25, 0.3) is 5.56 Å². The standard InChI is InChI=1S/C13H16N4O5S2/c1-2-24(21,22)15-8-6-14(7-9-15)13(19)17-11(18)10-4-3-5-16(20)12(10)23-17/h3-5H,2,6-9H2,1H3. The molecule has 0 aromatic carbocycles. The van der Waals surface area contributed by atoms with Gasteiger partial charge in [-0.25, -0.2) is 13.2 Å². The Bertz CT molecular complexity index is 941. The maximum atomic E-state index is 12.5. The molecule has 1 amide bonds. The second kappa shape index (κ2) is 6.15. The maximum Gasteiger partial charge on any atom is 0.341 e. The van der Waals surface area contributed by atoms with Gasteiger partial charge < -0.3 is 10.1 Å². The SMILES string of the molecule is CCS(=O)(=O)N1CCN(C(=O)n2sc3c(ccc[n+]3[O-])c2=O)CC1. The second-order valence-electron chi connectivity index (χ2n) is 5.31. The van der Waals surface area contributed by atoms with Crippen molar-refractivity contribution in [2.45, 2.75) is 6.92 Å². The first-order chi connectivity index (χ1) is 11.3. The first-order valence-corrected chi connectivity index (χ1v) is 9.74. The van der Waals surface area contributed by atoms with E-state index in [4.69, 9.17) is 0 Å². The third-order valence-corrected chi connectivity index (χ3v) is 6.91. The summed E-state index contributed by atoms with van der Waals surface area (Å²) in [6.07, 6.45) is 1.27. The summed E-state index contributed by atoms with van der Waals surface area (Å²) in [4.78, 5) is 26.4. The summed E-state index contributed by atoms with van der Waals surface area (Å²) in [5.74, 6) is 0.0141. The monoisotopic (exact) mass is 372 g/mol. The van der Waals surface area contributed by atoms with Crippen LogP contribution in [0.3, 0.4) is 0 Å². The average Bonchev–Trinajstić information content (AvgIpc) is 2.93. The quantitative estimate of drug-likeness (QED) is 0.528. The molecule has 0 spiro atoms. The number of fused-ring (bicyclic) bond motifs is 1. The maximum absolute atomic E-state index is 12.5. The van der Waals surface area contributed by atoms with Crippen LogP contribution in [0.4, 0.5) is 4.79 Å². The van der Waals surface area contributed by atoms with E-state index in [2.05, 4.69) is 0 Å². The molecule has 0 unspecified atom stereocenters. The molecule has 11 heteroatoms. The number of rotatable bonds is 2. The Morgan fingerprint density at radius 3 is 2.58 bits per heavy atom. The molecule has 0 bridgehead atoms. The molecule has 0 aliphatic carbocycles.